The van der Waals surface area contributed by atoms with Crippen molar-refractivity contribution in [3.63, 3.8) is 0 Å². The number of thioether (sulfide) groups is 1. The van der Waals surface area contributed by atoms with E-state index < -0.39 is 0 Å². The van der Waals surface area contributed by atoms with Crippen molar-refractivity contribution in [1.29, 1.82) is 0 Å². The highest BCUT2D eigenvalue weighted by Crippen LogP contribution is 2.36. The molecule has 1 atom stereocenters. The van der Waals surface area contributed by atoms with Crippen molar-refractivity contribution in [3.05, 3.63) is 18.5 Å². The highest BCUT2D eigenvalue weighted by atomic mass is 32.2. The Labute approximate surface area is 171 Å². The molecule has 0 saturated carbocycles. The Hall–Kier alpha value is -2.03. The van der Waals surface area contributed by atoms with Crippen LogP contribution < -0.4 is 15.5 Å². The van der Waals surface area contributed by atoms with Gasteiger partial charge >= 0.3 is 0 Å². The van der Waals surface area contributed by atoms with Gasteiger partial charge in [-0.15, -0.1) is 0 Å². The molecule has 0 bridgehead atoms. The maximum atomic E-state index is 12.5. The van der Waals surface area contributed by atoms with E-state index in [9.17, 15) is 4.79 Å². The second-order valence-corrected chi connectivity index (χ2v) is 9.10. The molecule has 1 unspecified atom stereocenters. The summed E-state index contributed by atoms with van der Waals surface area (Å²) < 4.78 is 0.287. The first kappa shape index (κ1) is 20.7. The number of anilines is 1. The van der Waals surface area contributed by atoms with E-state index in [4.69, 9.17) is 0 Å². The smallest absolute Gasteiger partial charge is 0.225 e. The Balaban J connectivity index is 1.35. The highest BCUT2D eigenvalue weighted by Gasteiger charge is 2.29. The van der Waals surface area contributed by atoms with Crippen molar-refractivity contribution >= 4 is 29.6 Å². The van der Waals surface area contributed by atoms with Crippen molar-refractivity contribution in [1.82, 2.24) is 25.5 Å². The van der Waals surface area contributed by atoms with Crippen molar-refractivity contribution in [2.24, 2.45) is 4.99 Å². The van der Waals surface area contributed by atoms with E-state index in [0.717, 1.165) is 31.5 Å². The summed E-state index contributed by atoms with van der Waals surface area (Å²) in [5, 5.41) is 6.67. The normalized spacial score (nSPS) is 23.0. The van der Waals surface area contributed by atoms with Crippen molar-refractivity contribution in [3.8, 4) is 0 Å². The molecule has 0 radical (unpaired) electrons. The standard InChI is InChI=1S/C19H31N7OS/c1-19(6-3-14-28-19)15-24-17(20-2)21-9-5-16(27)25-10-12-26(13-11-25)18-22-7-4-8-23-18/h4,7-8H,3,5-6,9-15H2,1-2H3,(H2,20,21,24). The topological polar surface area (TPSA) is 85.8 Å². The molecule has 2 saturated heterocycles. The van der Waals surface area contributed by atoms with Crippen LogP contribution in [0.15, 0.2) is 23.5 Å². The van der Waals surface area contributed by atoms with Crippen LogP contribution in [0.2, 0.25) is 0 Å². The Bertz CT molecular complexity index is 656. The number of carbonyl (C=O) groups excluding carboxylic acids is 1. The molecule has 1 aromatic rings. The Kier molecular flexibility index (Phi) is 7.36. The number of nitrogens with zero attached hydrogens (tertiary/aromatic N) is 5. The minimum atomic E-state index is 0.176. The van der Waals surface area contributed by atoms with Crippen LogP contribution in [0.1, 0.15) is 26.2 Å². The molecule has 2 fully saturated rings. The minimum Gasteiger partial charge on any atom is -0.356 e. The molecule has 1 aromatic heterocycles. The van der Waals surface area contributed by atoms with Gasteiger partial charge in [-0.2, -0.15) is 11.8 Å². The van der Waals surface area contributed by atoms with Gasteiger partial charge < -0.3 is 20.4 Å². The van der Waals surface area contributed by atoms with Crippen molar-refractivity contribution < 1.29 is 4.79 Å². The lowest BCUT2D eigenvalue weighted by molar-refractivity contribution is -0.131. The van der Waals surface area contributed by atoms with Gasteiger partial charge in [0.25, 0.3) is 0 Å². The zero-order valence-corrected chi connectivity index (χ0v) is 17.7. The number of hydrogen-bond donors (Lipinski definition) is 2. The van der Waals surface area contributed by atoms with Gasteiger partial charge in [-0.1, -0.05) is 0 Å². The molecule has 2 aliphatic heterocycles. The predicted molar refractivity (Wildman–Crippen MR) is 115 cm³/mol. The molecular formula is C19H31N7OS. The molecule has 8 nitrogen and oxygen atoms in total. The van der Waals surface area contributed by atoms with Gasteiger partial charge in [0.15, 0.2) is 5.96 Å². The van der Waals surface area contributed by atoms with Crippen LogP contribution in [0.4, 0.5) is 5.95 Å². The summed E-state index contributed by atoms with van der Waals surface area (Å²) in [6.07, 6.45) is 6.48. The number of amides is 1. The SMILES string of the molecule is CN=C(NCCC(=O)N1CCN(c2ncccn2)CC1)NCC1(C)CCCS1. The van der Waals surface area contributed by atoms with E-state index >= 15 is 0 Å². The second-order valence-electron chi connectivity index (χ2n) is 7.42. The molecule has 154 valence electrons. The Morgan fingerprint density at radius 3 is 2.64 bits per heavy atom. The average molecular weight is 406 g/mol. The van der Waals surface area contributed by atoms with Gasteiger partial charge in [-0.25, -0.2) is 9.97 Å². The van der Waals surface area contributed by atoms with Crippen LogP contribution in [0, 0.1) is 0 Å². The average Bonchev–Trinajstić information content (AvgIpc) is 3.18. The van der Waals surface area contributed by atoms with Gasteiger partial charge in [0.05, 0.1) is 0 Å². The molecule has 28 heavy (non-hydrogen) atoms. The number of carbonyl (C=O) groups is 1. The molecular weight excluding hydrogens is 374 g/mol. The first-order valence-electron chi connectivity index (χ1n) is 9.98. The summed E-state index contributed by atoms with van der Waals surface area (Å²) in [5.41, 5.74) is 0. The molecule has 2 aliphatic rings. The minimum absolute atomic E-state index is 0.176. The predicted octanol–water partition coefficient (Wildman–Crippen LogP) is 0.966. The third-order valence-electron chi connectivity index (χ3n) is 5.25. The van der Waals surface area contributed by atoms with Crippen LogP contribution in [0.25, 0.3) is 0 Å². The number of aromatic nitrogens is 2. The van der Waals surface area contributed by atoms with Crippen molar-refractivity contribution in [2.75, 3.05) is 57.0 Å². The van der Waals surface area contributed by atoms with Crippen LogP contribution >= 0.6 is 11.8 Å². The van der Waals surface area contributed by atoms with Gasteiger partial charge in [0.2, 0.25) is 11.9 Å². The fraction of sp³-hybridized carbons (Fsp3) is 0.684. The molecule has 3 rings (SSSR count). The fourth-order valence-corrected chi connectivity index (χ4v) is 4.77. The third kappa shape index (κ3) is 5.73. The molecule has 0 spiro atoms. The van der Waals surface area contributed by atoms with Crippen LogP contribution in [0.3, 0.4) is 0 Å². The monoisotopic (exact) mass is 405 g/mol. The fourth-order valence-electron chi connectivity index (χ4n) is 3.52. The number of aliphatic imine (C=N–C) groups is 1. The first-order chi connectivity index (χ1) is 13.6. The Morgan fingerprint density at radius 1 is 1.25 bits per heavy atom. The second kappa shape index (κ2) is 9.95. The summed E-state index contributed by atoms with van der Waals surface area (Å²) in [7, 11) is 1.77. The number of piperazine rings is 1. The van der Waals surface area contributed by atoms with E-state index in [1.54, 1.807) is 19.4 Å². The molecule has 2 N–H and O–H groups in total. The molecule has 0 aromatic carbocycles. The van der Waals surface area contributed by atoms with E-state index in [-0.39, 0.29) is 10.7 Å². The molecule has 9 heteroatoms. The van der Waals surface area contributed by atoms with Crippen LogP contribution in [0.5, 0.6) is 0 Å². The number of hydrogen-bond acceptors (Lipinski definition) is 6. The zero-order chi connectivity index (χ0) is 19.8. The summed E-state index contributed by atoms with van der Waals surface area (Å²) in [6, 6.07) is 1.81. The van der Waals surface area contributed by atoms with E-state index in [2.05, 4.69) is 37.4 Å². The lowest BCUT2D eigenvalue weighted by Gasteiger charge is -2.34. The highest BCUT2D eigenvalue weighted by molar-refractivity contribution is 8.00. The molecule has 1 amide bonds. The summed E-state index contributed by atoms with van der Waals surface area (Å²) in [4.78, 5) is 29.4. The van der Waals surface area contributed by atoms with E-state index in [1.165, 1.54) is 18.6 Å². The van der Waals surface area contributed by atoms with Crippen LogP contribution in [-0.2, 0) is 4.79 Å². The largest absolute Gasteiger partial charge is 0.356 e. The maximum Gasteiger partial charge on any atom is 0.225 e. The zero-order valence-electron chi connectivity index (χ0n) is 16.9. The quantitative estimate of drug-likeness (QED) is 0.539. The first-order valence-corrected chi connectivity index (χ1v) is 11.0. The summed E-state index contributed by atoms with van der Waals surface area (Å²) in [6.45, 7) is 6.73. The van der Waals surface area contributed by atoms with E-state index in [0.29, 0.717) is 26.1 Å². The summed E-state index contributed by atoms with van der Waals surface area (Å²) >= 11 is 2.02. The molecule has 3 heterocycles. The number of nitrogens with one attached hydrogen (secondary N) is 2. The van der Waals surface area contributed by atoms with Gasteiger partial charge in [-0.05, 0) is 31.6 Å². The summed E-state index contributed by atoms with van der Waals surface area (Å²) in [5.74, 6) is 2.92. The van der Waals surface area contributed by atoms with Crippen LogP contribution in [-0.4, -0.2) is 83.6 Å². The van der Waals surface area contributed by atoms with Gasteiger partial charge in [0, 0.05) is 69.9 Å². The number of guanidine groups is 1. The lowest BCUT2D eigenvalue weighted by atomic mass is 10.1. The van der Waals surface area contributed by atoms with Crippen molar-refractivity contribution in [2.45, 2.75) is 30.9 Å². The maximum absolute atomic E-state index is 12.5. The third-order valence-corrected chi connectivity index (χ3v) is 6.79. The van der Waals surface area contributed by atoms with E-state index in [1.807, 2.05) is 22.7 Å². The van der Waals surface area contributed by atoms with Gasteiger partial charge in [0.1, 0.15) is 0 Å². The number of rotatable bonds is 6. The van der Waals surface area contributed by atoms with Gasteiger partial charge in [-0.3, -0.25) is 9.79 Å². The molecule has 0 aliphatic carbocycles. The Morgan fingerprint density at radius 2 is 2.00 bits per heavy atom. The lowest BCUT2D eigenvalue weighted by Crippen LogP contribution is -2.50.